The summed E-state index contributed by atoms with van der Waals surface area (Å²) in [5, 5.41) is 3.14. The lowest BCUT2D eigenvalue weighted by atomic mass is 9.82. The normalized spacial score (nSPS) is 33.5. The maximum Gasteiger partial charge on any atom is 0.223 e. The van der Waals surface area contributed by atoms with Crippen molar-refractivity contribution in [2.75, 3.05) is 6.54 Å². The topological polar surface area (TPSA) is 55.1 Å². The highest BCUT2D eigenvalue weighted by Gasteiger charge is 2.43. The van der Waals surface area contributed by atoms with Crippen LogP contribution >= 0.6 is 0 Å². The van der Waals surface area contributed by atoms with Crippen LogP contribution in [0.3, 0.4) is 0 Å². The van der Waals surface area contributed by atoms with E-state index in [0.717, 1.165) is 31.6 Å². The molecule has 15 heavy (non-hydrogen) atoms. The highest BCUT2D eigenvalue weighted by molar-refractivity contribution is 5.80. The lowest BCUT2D eigenvalue weighted by Gasteiger charge is -2.27. The van der Waals surface area contributed by atoms with Gasteiger partial charge in [0.2, 0.25) is 5.91 Å². The fourth-order valence-electron chi connectivity index (χ4n) is 2.42. The first kappa shape index (κ1) is 10.9. The highest BCUT2D eigenvalue weighted by atomic mass is 16.2. The van der Waals surface area contributed by atoms with Crippen molar-refractivity contribution in [3.63, 3.8) is 0 Å². The van der Waals surface area contributed by atoms with Gasteiger partial charge >= 0.3 is 0 Å². The Hall–Kier alpha value is -0.570. The average Bonchev–Trinajstić information content (AvgIpc) is 2.99. The molecule has 0 heterocycles. The van der Waals surface area contributed by atoms with E-state index >= 15 is 0 Å². The Morgan fingerprint density at radius 2 is 1.93 bits per heavy atom. The summed E-state index contributed by atoms with van der Waals surface area (Å²) in [5.41, 5.74) is 5.64. The highest BCUT2D eigenvalue weighted by Crippen LogP contribution is 2.35. The zero-order valence-corrected chi connectivity index (χ0v) is 9.59. The summed E-state index contributed by atoms with van der Waals surface area (Å²) >= 11 is 0. The zero-order chi connectivity index (χ0) is 10.9. The van der Waals surface area contributed by atoms with Crippen molar-refractivity contribution >= 4 is 5.91 Å². The lowest BCUT2D eigenvalue weighted by Crippen LogP contribution is -2.45. The van der Waals surface area contributed by atoms with Crippen LogP contribution in [0.1, 0.15) is 45.4 Å². The van der Waals surface area contributed by atoms with Crippen LogP contribution in [0.25, 0.3) is 0 Å². The molecule has 3 heteroatoms. The average molecular weight is 210 g/mol. The predicted molar refractivity (Wildman–Crippen MR) is 60.3 cm³/mol. The first-order valence-corrected chi connectivity index (χ1v) is 6.17. The number of nitrogens with two attached hydrogens (primary N) is 1. The molecule has 0 unspecified atom stereocenters. The summed E-state index contributed by atoms with van der Waals surface area (Å²) in [6.45, 7) is 2.87. The van der Waals surface area contributed by atoms with Gasteiger partial charge in [-0.05, 0) is 44.4 Å². The van der Waals surface area contributed by atoms with Gasteiger partial charge in [0.25, 0.3) is 0 Å². The minimum Gasteiger partial charge on any atom is -0.349 e. The molecule has 0 bridgehead atoms. The fourth-order valence-corrected chi connectivity index (χ4v) is 2.42. The second-order valence-electron chi connectivity index (χ2n) is 5.43. The molecule has 0 atom stereocenters. The van der Waals surface area contributed by atoms with Crippen molar-refractivity contribution in [1.29, 1.82) is 0 Å². The van der Waals surface area contributed by atoms with E-state index < -0.39 is 0 Å². The van der Waals surface area contributed by atoms with E-state index in [-0.39, 0.29) is 17.4 Å². The first-order chi connectivity index (χ1) is 7.15. The van der Waals surface area contributed by atoms with Crippen molar-refractivity contribution in [3.8, 4) is 0 Å². The Labute approximate surface area is 91.8 Å². The fraction of sp³-hybridized carbons (Fsp3) is 0.917. The van der Waals surface area contributed by atoms with E-state index in [4.69, 9.17) is 5.73 Å². The minimum atomic E-state index is -0.0137. The van der Waals surface area contributed by atoms with E-state index in [1.165, 1.54) is 12.8 Å². The van der Waals surface area contributed by atoms with Crippen molar-refractivity contribution in [3.05, 3.63) is 0 Å². The molecule has 0 aromatic carbocycles. The second kappa shape index (κ2) is 4.12. The lowest BCUT2D eigenvalue weighted by molar-refractivity contribution is -0.127. The van der Waals surface area contributed by atoms with E-state index in [9.17, 15) is 4.79 Å². The van der Waals surface area contributed by atoms with Crippen LogP contribution < -0.4 is 11.1 Å². The largest absolute Gasteiger partial charge is 0.349 e. The van der Waals surface area contributed by atoms with Crippen molar-refractivity contribution in [2.45, 2.75) is 51.0 Å². The third-order valence-electron chi connectivity index (χ3n) is 4.02. The van der Waals surface area contributed by atoms with Crippen molar-refractivity contribution in [2.24, 2.45) is 17.6 Å². The maximum atomic E-state index is 12.0. The van der Waals surface area contributed by atoms with Crippen LogP contribution in [0, 0.1) is 11.8 Å². The molecule has 0 radical (unpaired) electrons. The Morgan fingerprint density at radius 1 is 1.33 bits per heavy atom. The summed E-state index contributed by atoms with van der Waals surface area (Å²) in [7, 11) is 0. The van der Waals surface area contributed by atoms with Crippen LogP contribution in [-0.4, -0.2) is 18.0 Å². The van der Waals surface area contributed by atoms with Gasteiger partial charge in [-0.15, -0.1) is 0 Å². The number of amides is 1. The molecular weight excluding hydrogens is 188 g/mol. The molecule has 1 amide bonds. The molecule has 0 aromatic heterocycles. The summed E-state index contributed by atoms with van der Waals surface area (Å²) in [6, 6.07) is 0. The first-order valence-electron chi connectivity index (χ1n) is 6.17. The molecular formula is C12H22N2O. The number of rotatable bonds is 3. The van der Waals surface area contributed by atoms with Crippen molar-refractivity contribution < 1.29 is 4.79 Å². The van der Waals surface area contributed by atoms with Gasteiger partial charge in [-0.1, -0.05) is 6.92 Å². The third kappa shape index (κ3) is 2.51. The number of nitrogens with one attached hydrogen (secondary N) is 1. The number of hydrogen-bond acceptors (Lipinski definition) is 2. The minimum absolute atomic E-state index is 0.0137. The number of carbonyl (C=O) groups excluding carboxylic acids is 1. The molecule has 86 valence electrons. The molecule has 3 nitrogen and oxygen atoms in total. The van der Waals surface area contributed by atoms with Gasteiger partial charge in [-0.2, -0.15) is 0 Å². The van der Waals surface area contributed by atoms with E-state index in [2.05, 4.69) is 12.2 Å². The summed E-state index contributed by atoms with van der Waals surface area (Å²) in [5.74, 6) is 1.31. The standard InChI is InChI=1S/C12H22N2O/c1-9-2-4-10(5-3-9)11(15)14-12(8-13)6-7-12/h9-10H,2-8,13H2,1H3,(H,14,15). The monoisotopic (exact) mass is 210 g/mol. The molecule has 2 fully saturated rings. The van der Waals surface area contributed by atoms with Gasteiger partial charge in [-0.25, -0.2) is 0 Å². The van der Waals surface area contributed by atoms with Gasteiger partial charge in [-0.3, -0.25) is 4.79 Å². The molecule has 0 saturated heterocycles. The molecule has 0 spiro atoms. The third-order valence-corrected chi connectivity index (χ3v) is 4.02. The van der Waals surface area contributed by atoms with E-state index in [1.54, 1.807) is 0 Å². The molecule has 2 aliphatic carbocycles. The van der Waals surface area contributed by atoms with Crippen LogP contribution in [0.4, 0.5) is 0 Å². The molecule has 3 N–H and O–H groups in total. The van der Waals surface area contributed by atoms with Crippen LogP contribution in [0.5, 0.6) is 0 Å². The molecule has 2 aliphatic rings. The Morgan fingerprint density at radius 3 is 2.40 bits per heavy atom. The van der Waals surface area contributed by atoms with Gasteiger partial charge < -0.3 is 11.1 Å². The van der Waals surface area contributed by atoms with Gasteiger partial charge in [0.15, 0.2) is 0 Å². The van der Waals surface area contributed by atoms with Crippen LogP contribution in [0.15, 0.2) is 0 Å². The van der Waals surface area contributed by atoms with Crippen LogP contribution in [0.2, 0.25) is 0 Å². The molecule has 0 aliphatic heterocycles. The summed E-state index contributed by atoms with van der Waals surface area (Å²) in [6.07, 6.45) is 6.67. The maximum absolute atomic E-state index is 12.0. The number of carbonyl (C=O) groups is 1. The Balaban J connectivity index is 1.81. The Bertz CT molecular complexity index is 240. The zero-order valence-electron chi connectivity index (χ0n) is 9.59. The SMILES string of the molecule is CC1CCC(C(=O)NC2(CN)CC2)CC1. The smallest absolute Gasteiger partial charge is 0.223 e. The van der Waals surface area contributed by atoms with Gasteiger partial charge in [0.05, 0.1) is 5.54 Å². The quantitative estimate of drug-likeness (QED) is 0.740. The van der Waals surface area contributed by atoms with Crippen molar-refractivity contribution in [1.82, 2.24) is 5.32 Å². The van der Waals surface area contributed by atoms with E-state index in [1.807, 2.05) is 0 Å². The predicted octanol–water partition coefficient (Wildman–Crippen LogP) is 1.42. The molecule has 2 saturated carbocycles. The van der Waals surface area contributed by atoms with Gasteiger partial charge in [0.1, 0.15) is 0 Å². The Kier molecular flexibility index (Phi) is 3.01. The molecule has 2 rings (SSSR count). The van der Waals surface area contributed by atoms with Crippen LogP contribution in [-0.2, 0) is 4.79 Å². The summed E-state index contributed by atoms with van der Waals surface area (Å²) in [4.78, 5) is 12.0. The molecule has 0 aromatic rings. The second-order valence-corrected chi connectivity index (χ2v) is 5.43. The van der Waals surface area contributed by atoms with Gasteiger partial charge in [0, 0.05) is 12.5 Å². The summed E-state index contributed by atoms with van der Waals surface area (Å²) < 4.78 is 0. The van der Waals surface area contributed by atoms with E-state index in [0.29, 0.717) is 6.54 Å². The number of hydrogen-bond donors (Lipinski definition) is 2.